The zero-order chi connectivity index (χ0) is 15.7. The van der Waals surface area contributed by atoms with Crippen LogP contribution in [0, 0.1) is 11.3 Å². The number of rotatable bonds is 4. The molecular formula is C18H23NO3. The minimum absolute atomic E-state index is 0.00629. The quantitative estimate of drug-likeness (QED) is 0.930. The standard InChI is InChI=1S/C18H23NO3/c1-13(14-5-3-2-4-6-14)11-16(20)19-9-7-18(8-10-19)12-15(18)17(21)22/h2-6,13,15H,7-12H2,1H3,(H,21,22). The molecule has 1 aliphatic heterocycles. The minimum atomic E-state index is -0.669. The number of benzene rings is 1. The maximum absolute atomic E-state index is 12.4. The molecule has 1 aliphatic carbocycles. The normalized spacial score (nSPS) is 24.0. The summed E-state index contributed by atoms with van der Waals surface area (Å²) >= 11 is 0. The van der Waals surface area contributed by atoms with E-state index in [1.54, 1.807) is 0 Å². The van der Waals surface area contributed by atoms with E-state index in [-0.39, 0.29) is 23.2 Å². The summed E-state index contributed by atoms with van der Waals surface area (Å²) in [7, 11) is 0. The molecule has 2 fully saturated rings. The second-order valence-electron chi connectivity index (χ2n) is 6.85. The van der Waals surface area contributed by atoms with Crippen molar-refractivity contribution in [3.05, 3.63) is 35.9 Å². The Labute approximate surface area is 131 Å². The van der Waals surface area contributed by atoms with Gasteiger partial charge in [-0.1, -0.05) is 37.3 Å². The van der Waals surface area contributed by atoms with Crippen molar-refractivity contribution in [3.8, 4) is 0 Å². The summed E-state index contributed by atoms with van der Waals surface area (Å²) in [4.78, 5) is 25.4. The van der Waals surface area contributed by atoms with Crippen molar-refractivity contribution in [1.82, 2.24) is 4.90 Å². The summed E-state index contributed by atoms with van der Waals surface area (Å²) in [5.41, 5.74) is 1.19. The molecule has 2 aliphatic rings. The molecule has 3 rings (SSSR count). The fraction of sp³-hybridized carbons (Fsp3) is 0.556. The minimum Gasteiger partial charge on any atom is -0.481 e. The van der Waals surface area contributed by atoms with Gasteiger partial charge in [0.05, 0.1) is 5.92 Å². The van der Waals surface area contributed by atoms with Gasteiger partial charge in [0, 0.05) is 19.5 Å². The molecule has 4 heteroatoms. The summed E-state index contributed by atoms with van der Waals surface area (Å²) in [5.74, 6) is -0.429. The second kappa shape index (κ2) is 5.75. The zero-order valence-electron chi connectivity index (χ0n) is 13.0. The zero-order valence-corrected chi connectivity index (χ0v) is 13.0. The van der Waals surface area contributed by atoms with Gasteiger partial charge < -0.3 is 10.0 Å². The molecule has 1 amide bonds. The monoisotopic (exact) mass is 301 g/mol. The average Bonchev–Trinajstić information content (AvgIpc) is 3.22. The number of aliphatic carboxylic acids is 1. The fourth-order valence-electron chi connectivity index (χ4n) is 3.74. The number of nitrogens with zero attached hydrogens (tertiary/aromatic N) is 1. The molecule has 118 valence electrons. The first-order chi connectivity index (χ1) is 10.5. The molecule has 2 unspecified atom stereocenters. The maximum Gasteiger partial charge on any atom is 0.307 e. The predicted molar refractivity (Wildman–Crippen MR) is 83.5 cm³/mol. The van der Waals surface area contributed by atoms with Gasteiger partial charge in [-0.3, -0.25) is 9.59 Å². The predicted octanol–water partition coefficient (Wildman–Crippen LogP) is 2.89. The van der Waals surface area contributed by atoms with Gasteiger partial charge >= 0.3 is 5.97 Å². The first-order valence-electron chi connectivity index (χ1n) is 8.07. The molecule has 1 aromatic carbocycles. The van der Waals surface area contributed by atoms with E-state index >= 15 is 0 Å². The lowest BCUT2D eigenvalue weighted by molar-refractivity contribution is -0.139. The molecule has 4 nitrogen and oxygen atoms in total. The van der Waals surface area contributed by atoms with Crippen molar-refractivity contribution in [2.75, 3.05) is 13.1 Å². The molecule has 0 bridgehead atoms. The molecule has 1 N–H and O–H groups in total. The largest absolute Gasteiger partial charge is 0.481 e. The summed E-state index contributed by atoms with van der Waals surface area (Å²) < 4.78 is 0. The van der Waals surface area contributed by atoms with Gasteiger partial charge in [0.1, 0.15) is 0 Å². The summed E-state index contributed by atoms with van der Waals surface area (Å²) in [6, 6.07) is 10.1. The van der Waals surface area contributed by atoms with Crippen LogP contribution >= 0.6 is 0 Å². The van der Waals surface area contributed by atoms with E-state index in [0.717, 1.165) is 19.3 Å². The van der Waals surface area contributed by atoms with Gasteiger partial charge in [-0.25, -0.2) is 0 Å². The topological polar surface area (TPSA) is 57.6 Å². The van der Waals surface area contributed by atoms with Crippen molar-refractivity contribution in [2.45, 2.75) is 38.5 Å². The van der Waals surface area contributed by atoms with Gasteiger partial charge in [0.25, 0.3) is 0 Å². The van der Waals surface area contributed by atoms with Gasteiger partial charge in [-0.05, 0) is 36.2 Å². The number of hydrogen-bond donors (Lipinski definition) is 1. The van der Waals surface area contributed by atoms with Crippen molar-refractivity contribution in [1.29, 1.82) is 0 Å². The summed E-state index contributed by atoms with van der Waals surface area (Å²) in [6.07, 6.45) is 3.01. The van der Waals surface area contributed by atoms with Gasteiger partial charge in [-0.2, -0.15) is 0 Å². The molecule has 22 heavy (non-hydrogen) atoms. The SMILES string of the molecule is CC(CC(=O)N1CCC2(CC1)CC2C(=O)O)c1ccccc1. The van der Waals surface area contributed by atoms with Gasteiger partial charge in [-0.15, -0.1) is 0 Å². The number of carbonyl (C=O) groups excluding carboxylic acids is 1. The Hall–Kier alpha value is -1.84. The molecule has 1 saturated carbocycles. The van der Waals surface area contributed by atoms with E-state index in [1.807, 2.05) is 23.1 Å². The average molecular weight is 301 g/mol. The number of carboxylic acid groups (broad SMARTS) is 1. The second-order valence-corrected chi connectivity index (χ2v) is 6.85. The van der Waals surface area contributed by atoms with Crippen LogP contribution in [-0.2, 0) is 9.59 Å². The van der Waals surface area contributed by atoms with Gasteiger partial charge in [0.15, 0.2) is 0 Å². The van der Waals surface area contributed by atoms with Crippen LogP contribution in [0.2, 0.25) is 0 Å². The van der Waals surface area contributed by atoms with Crippen LogP contribution in [0.15, 0.2) is 30.3 Å². The van der Waals surface area contributed by atoms with Crippen LogP contribution in [0.5, 0.6) is 0 Å². The van der Waals surface area contributed by atoms with E-state index < -0.39 is 5.97 Å². The highest BCUT2D eigenvalue weighted by Gasteiger charge is 2.59. The lowest BCUT2D eigenvalue weighted by Gasteiger charge is -2.33. The molecule has 0 radical (unpaired) electrons. The Balaban J connectivity index is 1.52. The highest BCUT2D eigenvalue weighted by molar-refractivity contribution is 5.78. The van der Waals surface area contributed by atoms with Crippen LogP contribution in [0.3, 0.4) is 0 Å². The van der Waals surface area contributed by atoms with E-state index in [4.69, 9.17) is 5.11 Å². The Morgan fingerprint density at radius 2 is 1.91 bits per heavy atom. The first kappa shape index (κ1) is 15.1. The highest BCUT2D eigenvalue weighted by atomic mass is 16.4. The Morgan fingerprint density at radius 1 is 1.27 bits per heavy atom. The van der Waals surface area contributed by atoms with E-state index in [0.29, 0.717) is 19.5 Å². The van der Waals surface area contributed by atoms with Crippen molar-refractivity contribution >= 4 is 11.9 Å². The molecule has 1 heterocycles. The van der Waals surface area contributed by atoms with Crippen LogP contribution in [0.25, 0.3) is 0 Å². The molecular weight excluding hydrogens is 278 g/mol. The van der Waals surface area contributed by atoms with Crippen LogP contribution in [0.4, 0.5) is 0 Å². The van der Waals surface area contributed by atoms with Crippen LogP contribution < -0.4 is 0 Å². The number of carboxylic acids is 1. The van der Waals surface area contributed by atoms with Gasteiger partial charge in [0.2, 0.25) is 5.91 Å². The third-order valence-electron chi connectivity index (χ3n) is 5.45. The number of amides is 1. The highest BCUT2D eigenvalue weighted by Crippen LogP contribution is 2.59. The smallest absolute Gasteiger partial charge is 0.307 e. The third-order valence-corrected chi connectivity index (χ3v) is 5.45. The fourth-order valence-corrected chi connectivity index (χ4v) is 3.74. The number of piperidine rings is 1. The number of likely N-dealkylation sites (tertiary alicyclic amines) is 1. The maximum atomic E-state index is 12.4. The Kier molecular flexibility index (Phi) is 3.94. The molecule has 1 saturated heterocycles. The van der Waals surface area contributed by atoms with E-state index in [9.17, 15) is 9.59 Å². The lowest BCUT2D eigenvalue weighted by atomic mass is 9.90. The third kappa shape index (κ3) is 2.87. The Morgan fingerprint density at radius 3 is 2.45 bits per heavy atom. The summed E-state index contributed by atoms with van der Waals surface area (Å²) in [5, 5.41) is 9.11. The number of carbonyl (C=O) groups is 2. The summed E-state index contributed by atoms with van der Waals surface area (Å²) in [6.45, 7) is 3.51. The molecule has 1 aromatic rings. The van der Waals surface area contributed by atoms with Crippen molar-refractivity contribution in [2.24, 2.45) is 11.3 Å². The lowest BCUT2D eigenvalue weighted by Crippen LogP contribution is -2.40. The van der Waals surface area contributed by atoms with E-state index in [2.05, 4.69) is 19.1 Å². The van der Waals surface area contributed by atoms with E-state index in [1.165, 1.54) is 5.56 Å². The number of hydrogen-bond acceptors (Lipinski definition) is 2. The van der Waals surface area contributed by atoms with Crippen molar-refractivity contribution in [3.63, 3.8) is 0 Å². The van der Waals surface area contributed by atoms with Crippen molar-refractivity contribution < 1.29 is 14.7 Å². The van der Waals surface area contributed by atoms with Crippen LogP contribution in [0.1, 0.15) is 44.1 Å². The molecule has 2 atom stereocenters. The van der Waals surface area contributed by atoms with Crippen LogP contribution in [-0.4, -0.2) is 35.0 Å². The molecule has 0 aromatic heterocycles. The Bertz CT molecular complexity index is 561. The first-order valence-corrected chi connectivity index (χ1v) is 8.07. The molecule has 1 spiro atoms.